The highest BCUT2D eigenvalue weighted by atomic mass is 19.4. The summed E-state index contributed by atoms with van der Waals surface area (Å²) in [6.07, 6.45) is -5.23. The lowest BCUT2D eigenvalue weighted by molar-refractivity contribution is -0.216. The van der Waals surface area contributed by atoms with Gasteiger partial charge in [0.2, 0.25) is 5.66 Å². The van der Waals surface area contributed by atoms with Crippen LogP contribution in [0, 0.1) is 0 Å². The van der Waals surface area contributed by atoms with Crippen molar-refractivity contribution in [3.63, 3.8) is 0 Å². The molecule has 150 valence electrons. The minimum Gasteiger partial charge on any atom is -0.395 e. The number of rotatable bonds is 4. The van der Waals surface area contributed by atoms with E-state index in [1.54, 1.807) is 30.3 Å². The minimum absolute atomic E-state index is 0.223. The first-order chi connectivity index (χ1) is 13.9. The molecule has 0 spiro atoms. The van der Waals surface area contributed by atoms with E-state index in [0.717, 1.165) is 10.8 Å². The van der Waals surface area contributed by atoms with Crippen molar-refractivity contribution in [3.05, 3.63) is 77.9 Å². The van der Waals surface area contributed by atoms with Gasteiger partial charge in [-0.3, -0.25) is 4.79 Å². The van der Waals surface area contributed by atoms with Gasteiger partial charge in [0.1, 0.15) is 0 Å². The van der Waals surface area contributed by atoms with E-state index in [1.165, 1.54) is 12.1 Å². The maximum absolute atomic E-state index is 14.5. The molecule has 4 rings (SSSR count). The van der Waals surface area contributed by atoms with Gasteiger partial charge in [-0.1, -0.05) is 48.5 Å². The van der Waals surface area contributed by atoms with E-state index in [1.807, 2.05) is 24.3 Å². The second kappa shape index (κ2) is 7.08. The maximum atomic E-state index is 14.5. The first kappa shape index (κ1) is 19.3. The van der Waals surface area contributed by atoms with Gasteiger partial charge >= 0.3 is 6.18 Å². The SMILES string of the molecule is O=C1c2ccccc2CC(Nc2ccc3ccccc3c2)(C(F)(F)F)N1CCO. The summed E-state index contributed by atoms with van der Waals surface area (Å²) in [5.41, 5.74) is -1.88. The van der Waals surface area contributed by atoms with E-state index in [4.69, 9.17) is 0 Å². The number of amides is 1. The smallest absolute Gasteiger partial charge is 0.395 e. The molecule has 7 heteroatoms. The van der Waals surface area contributed by atoms with Crippen molar-refractivity contribution in [2.75, 3.05) is 18.5 Å². The topological polar surface area (TPSA) is 52.6 Å². The summed E-state index contributed by atoms with van der Waals surface area (Å²) in [4.78, 5) is 13.6. The number of alkyl halides is 3. The standard InChI is InChI=1S/C22H19F3N2O2/c23-22(24,25)21(26-18-10-9-15-5-1-2-6-16(15)13-18)14-17-7-3-4-8-19(17)20(29)27(21)11-12-28/h1-10,13,26,28H,11-12,14H2. The zero-order valence-corrected chi connectivity index (χ0v) is 15.4. The maximum Gasteiger partial charge on any atom is 0.430 e. The van der Waals surface area contributed by atoms with Crippen LogP contribution in [0.15, 0.2) is 66.7 Å². The number of halogens is 3. The van der Waals surface area contributed by atoms with Crippen molar-refractivity contribution in [1.82, 2.24) is 4.90 Å². The van der Waals surface area contributed by atoms with Gasteiger partial charge in [-0.05, 0) is 34.5 Å². The molecule has 2 N–H and O–H groups in total. The number of aliphatic hydroxyl groups is 1. The fourth-order valence-corrected chi connectivity index (χ4v) is 3.91. The van der Waals surface area contributed by atoms with Crippen molar-refractivity contribution >= 4 is 22.4 Å². The Labute approximate surface area is 165 Å². The molecule has 0 radical (unpaired) electrons. The molecule has 1 atom stereocenters. The van der Waals surface area contributed by atoms with Crippen LogP contribution in [0.1, 0.15) is 15.9 Å². The highest BCUT2D eigenvalue weighted by Crippen LogP contribution is 2.43. The number of nitrogens with one attached hydrogen (secondary N) is 1. The lowest BCUT2D eigenvalue weighted by atomic mass is 9.87. The average Bonchev–Trinajstić information content (AvgIpc) is 2.70. The molecule has 0 aromatic heterocycles. The average molecular weight is 400 g/mol. The van der Waals surface area contributed by atoms with Crippen LogP contribution in [-0.2, 0) is 6.42 Å². The van der Waals surface area contributed by atoms with Crippen LogP contribution in [0.4, 0.5) is 18.9 Å². The van der Waals surface area contributed by atoms with Crippen molar-refractivity contribution in [2.24, 2.45) is 0 Å². The largest absolute Gasteiger partial charge is 0.430 e. The summed E-state index contributed by atoms with van der Waals surface area (Å²) in [5.74, 6) is -0.758. The highest BCUT2D eigenvalue weighted by molar-refractivity contribution is 5.98. The van der Waals surface area contributed by atoms with Gasteiger partial charge in [-0.15, -0.1) is 0 Å². The Kier molecular flexibility index (Phi) is 4.70. The number of nitrogens with zero attached hydrogens (tertiary/aromatic N) is 1. The molecule has 0 fully saturated rings. The molecule has 0 bridgehead atoms. The Bertz CT molecular complexity index is 1070. The molecule has 0 saturated carbocycles. The molecule has 3 aromatic rings. The van der Waals surface area contributed by atoms with E-state index < -0.39 is 37.3 Å². The molecule has 4 nitrogen and oxygen atoms in total. The van der Waals surface area contributed by atoms with E-state index in [9.17, 15) is 23.1 Å². The number of hydrogen-bond donors (Lipinski definition) is 2. The van der Waals surface area contributed by atoms with Crippen LogP contribution in [-0.4, -0.2) is 40.9 Å². The van der Waals surface area contributed by atoms with Gasteiger partial charge < -0.3 is 15.3 Å². The van der Waals surface area contributed by atoms with Gasteiger partial charge in [-0.25, -0.2) is 0 Å². The van der Waals surface area contributed by atoms with Crippen molar-refractivity contribution in [2.45, 2.75) is 18.3 Å². The van der Waals surface area contributed by atoms with E-state index in [0.29, 0.717) is 10.5 Å². The Morgan fingerprint density at radius 1 is 1.00 bits per heavy atom. The third-order valence-electron chi connectivity index (χ3n) is 5.29. The van der Waals surface area contributed by atoms with Crippen molar-refractivity contribution in [1.29, 1.82) is 0 Å². The summed E-state index contributed by atoms with van der Waals surface area (Å²) in [6, 6.07) is 18.6. The molecule has 1 amide bonds. The number of fused-ring (bicyclic) bond motifs is 2. The normalized spacial score (nSPS) is 19.3. The minimum atomic E-state index is -4.78. The lowest BCUT2D eigenvalue weighted by Crippen LogP contribution is -2.69. The number of hydrogen-bond acceptors (Lipinski definition) is 3. The number of carbonyl (C=O) groups is 1. The van der Waals surface area contributed by atoms with Gasteiger partial charge in [0.15, 0.2) is 0 Å². The molecule has 1 aliphatic heterocycles. The molecule has 1 aliphatic rings. The zero-order valence-electron chi connectivity index (χ0n) is 15.4. The molecule has 1 unspecified atom stereocenters. The van der Waals surface area contributed by atoms with Crippen molar-refractivity contribution in [3.8, 4) is 0 Å². The zero-order chi connectivity index (χ0) is 20.6. The van der Waals surface area contributed by atoms with Crippen LogP contribution in [0.25, 0.3) is 10.8 Å². The summed E-state index contributed by atoms with van der Waals surface area (Å²) in [7, 11) is 0. The van der Waals surface area contributed by atoms with E-state index >= 15 is 0 Å². The molecular weight excluding hydrogens is 381 g/mol. The Hall–Kier alpha value is -3.06. The molecule has 0 saturated heterocycles. The monoisotopic (exact) mass is 400 g/mol. The summed E-state index contributed by atoms with van der Waals surface area (Å²) >= 11 is 0. The number of aliphatic hydroxyl groups excluding tert-OH is 1. The summed E-state index contributed by atoms with van der Waals surface area (Å²) < 4.78 is 43.5. The quantitative estimate of drug-likeness (QED) is 0.690. The van der Waals surface area contributed by atoms with Crippen LogP contribution in [0.2, 0.25) is 0 Å². The predicted molar refractivity (Wildman–Crippen MR) is 105 cm³/mol. The molecular formula is C22H19F3N2O2. The predicted octanol–water partition coefficient (Wildman–Crippen LogP) is 4.20. The van der Waals surface area contributed by atoms with Gasteiger partial charge in [-0.2, -0.15) is 13.2 Å². The first-order valence-electron chi connectivity index (χ1n) is 9.20. The molecule has 1 heterocycles. The third kappa shape index (κ3) is 3.21. The van der Waals surface area contributed by atoms with E-state index in [2.05, 4.69) is 5.32 Å². The highest BCUT2D eigenvalue weighted by Gasteiger charge is 2.62. The summed E-state index contributed by atoms with van der Waals surface area (Å²) in [6.45, 7) is -1.02. The fraction of sp³-hybridized carbons (Fsp3) is 0.227. The van der Waals surface area contributed by atoms with Gasteiger partial charge in [0.05, 0.1) is 6.61 Å². The van der Waals surface area contributed by atoms with Crippen LogP contribution in [0.3, 0.4) is 0 Å². The van der Waals surface area contributed by atoms with Crippen LogP contribution < -0.4 is 5.32 Å². The van der Waals surface area contributed by atoms with Crippen LogP contribution in [0.5, 0.6) is 0 Å². The lowest BCUT2D eigenvalue weighted by Gasteiger charge is -2.48. The fourth-order valence-electron chi connectivity index (χ4n) is 3.91. The Balaban J connectivity index is 1.85. The van der Waals surface area contributed by atoms with Crippen LogP contribution >= 0.6 is 0 Å². The molecule has 0 aliphatic carbocycles. The second-order valence-corrected chi connectivity index (χ2v) is 7.06. The summed E-state index contributed by atoms with van der Waals surface area (Å²) in [5, 5.41) is 13.7. The van der Waals surface area contributed by atoms with E-state index in [-0.39, 0.29) is 11.3 Å². The first-order valence-corrected chi connectivity index (χ1v) is 9.20. The molecule has 29 heavy (non-hydrogen) atoms. The Morgan fingerprint density at radius 3 is 2.41 bits per heavy atom. The van der Waals surface area contributed by atoms with Gasteiger partial charge in [0, 0.05) is 24.2 Å². The van der Waals surface area contributed by atoms with Crippen molar-refractivity contribution < 1.29 is 23.1 Å². The molecule has 3 aromatic carbocycles. The van der Waals surface area contributed by atoms with Gasteiger partial charge in [0.25, 0.3) is 5.91 Å². The number of anilines is 1. The third-order valence-corrected chi connectivity index (χ3v) is 5.29. The number of β-amino-alcohol motifs (C(OH)–C–C–N with tert-alkyl or cyclic N) is 1. The number of carbonyl (C=O) groups excluding carboxylic acids is 1. The second-order valence-electron chi connectivity index (χ2n) is 7.06. The Morgan fingerprint density at radius 2 is 1.69 bits per heavy atom. The number of benzene rings is 3.